The minimum atomic E-state index is 0. The first kappa shape index (κ1) is 25.2. The number of hydrogen-bond donors (Lipinski definition) is 0. The van der Waals surface area contributed by atoms with Gasteiger partial charge >= 0.3 is 0 Å². The predicted octanol–water partition coefficient (Wildman–Crippen LogP) is 8.57. The van der Waals surface area contributed by atoms with Crippen LogP contribution in [0, 0.1) is 0 Å². The van der Waals surface area contributed by atoms with E-state index in [0.717, 1.165) is 0 Å². The van der Waals surface area contributed by atoms with Gasteiger partial charge < -0.3 is 0 Å². The van der Waals surface area contributed by atoms with Crippen molar-refractivity contribution in [1.82, 2.24) is 0 Å². The highest BCUT2D eigenvalue weighted by Crippen LogP contribution is 2.38. The predicted molar refractivity (Wildman–Crippen MR) is 114 cm³/mol. The number of halogens is 1. The first-order valence-corrected chi connectivity index (χ1v) is 12.0. The maximum absolute atomic E-state index is 2.34. The van der Waals surface area contributed by atoms with Gasteiger partial charge in [0.05, 0.1) is 0 Å². The Hall–Kier alpha value is 0.910. The van der Waals surface area contributed by atoms with Crippen LogP contribution in [0.1, 0.15) is 111 Å². The van der Waals surface area contributed by atoms with Crippen LogP contribution in [0.3, 0.4) is 0 Å². The molecule has 0 bridgehead atoms. The van der Waals surface area contributed by atoms with Gasteiger partial charge in [0.15, 0.2) is 0 Å². The lowest BCUT2D eigenvalue weighted by atomic mass is 10.1. The number of rotatable bonds is 17. The first-order valence-electron chi connectivity index (χ1n) is 10.1. The van der Waals surface area contributed by atoms with E-state index in [2.05, 4.69) is 20.8 Å². The molecule has 0 aliphatic carbocycles. The van der Waals surface area contributed by atoms with Crippen LogP contribution < -0.4 is 0 Å². The van der Waals surface area contributed by atoms with E-state index >= 15 is 0 Å². The Morgan fingerprint density at radius 1 is 0.409 bits per heavy atom. The minimum Gasteiger partial charge on any atom is -0.114 e. The molecule has 0 N–H and O–H groups in total. The van der Waals surface area contributed by atoms with E-state index in [4.69, 9.17) is 0 Å². The van der Waals surface area contributed by atoms with Gasteiger partial charge in [-0.1, -0.05) is 91.4 Å². The summed E-state index contributed by atoms with van der Waals surface area (Å²) < 4.78 is 0. The zero-order chi connectivity index (χ0) is 15.6. The molecule has 0 spiro atoms. The molecule has 0 aromatic carbocycles. The molecule has 0 aliphatic heterocycles. The van der Waals surface area contributed by atoms with Crippen LogP contribution in [0.15, 0.2) is 0 Å². The van der Waals surface area contributed by atoms with Crippen molar-refractivity contribution in [1.29, 1.82) is 0 Å². The summed E-state index contributed by atoms with van der Waals surface area (Å²) in [6, 6.07) is 0. The molecule has 136 valence electrons. The summed E-state index contributed by atoms with van der Waals surface area (Å²) in [4.78, 5) is 0. The summed E-state index contributed by atoms with van der Waals surface area (Å²) in [6.07, 6.45) is 25.2. The average Bonchev–Trinajstić information content (AvgIpc) is 2.51. The lowest BCUT2D eigenvalue weighted by molar-refractivity contribution is 0.562. The average molecular weight is 395 g/mol. The molecule has 0 radical (unpaired) electrons. The third-order valence-electron chi connectivity index (χ3n) is 4.48. The molecule has 0 amide bonds. The second-order valence-electron chi connectivity index (χ2n) is 6.73. The Labute approximate surface area is 154 Å². The molecule has 0 saturated carbocycles. The molecule has 0 saturated heterocycles. The summed E-state index contributed by atoms with van der Waals surface area (Å²) in [6.45, 7) is 6.98. The smallest absolute Gasteiger partial charge is 0.0326 e. The lowest BCUT2D eigenvalue weighted by Gasteiger charge is -2.17. The molecule has 0 atom stereocenters. The summed E-state index contributed by atoms with van der Waals surface area (Å²) in [5.74, 6) is 0. The van der Waals surface area contributed by atoms with Crippen LogP contribution in [0.5, 0.6) is 0 Å². The normalized spacial score (nSPS) is 10.9. The summed E-state index contributed by atoms with van der Waals surface area (Å²) in [5.41, 5.74) is 0. The van der Waals surface area contributed by atoms with Gasteiger partial charge in [-0.15, -0.1) is 24.9 Å². The molecule has 0 aliphatic rings. The van der Waals surface area contributed by atoms with E-state index in [1.807, 2.05) is 0 Å². The van der Waals surface area contributed by atoms with Gasteiger partial charge in [-0.25, -0.2) is 0 Å². The molecular formula is C20H44BrP. The second kappa shape index (κ2) is 21.9. The third-order valence-corrected chi connectivity index (χ3v) is 7.33. The van der Waals surface area contributed by atoms with Crippen LogP contribution >= 0.6 is 24.9 Å². The van der Waals surface area contributed by atoms with Gasteiger partial charge in [-0.2, -0.15) is 0 Å². The summed E-state index contributed by atoms with van der Waals surface area (Å²) >= 11 is 0. The fourth-order valence-corrected chi connectivity index (χ4v) is 5.79. The number of unbranched alkanes of at least 4 members (excludes halogenated alkanes) is 11. The van der Waals surface area contributed by atoms with Gasteiger partial charge in [-0.3, -0.25) is 0 Å². The van der Waals surface area contributed by atoms with Crippen LogP contribution in [0.4, 0.5) is 0 Å². The lowest BCUT2D eigenvalue weighted by Crippen LogP contribution is -1.96. The van der Waals surface area contributed by atoms with Gasteiger partial charge in [0.1, 0.15) is 0 Å². The van der Waals surface area contributed by atoms with E-state index in [0.29, 0.717) is 7.92 Å². The Kier molecular flexibility index (Phi) is 25.1. The van der Waals surface area contributed by atoms with Crippen molar-refractivity contribution in [3.05, 3.63) is 0 Å². The Balaban J connectivity index is 0. The zero-order valence-corrected chi connectivity index (χ0v) is 18.5. The largest absolute Gasteiger partial charge is 0.114 e. The van der Waals surface area contributed by atoms with Gasteiger partial charge in [0.25, 0.3) is 0 Å². The fourth-order valence-electron chi connectivity index (χ4n) is 2.92. The molecule has 2 heteroatoms. The van der Waals surface area contributed by atoms with Crippen LogP contribution in [0.25, 0.3) is 0 Å². The Bertz CT molecular complexity index is 177. The van der Waals surface area contributed by atoms with E-state index < -0.39 is 0 Å². The van der Waals surface area contributed by atoms with Crippen LogP contribution in [-0.2, 0) is 0 Å². The van der Waals surface area contributed by atoms with Crippen molar-refractivity contribution in [2.24, 2.45) is 0 Å². The molecule has 0 unspecified atom stereocenters. The van der Waals surface area contributed by atoms with Gasteiger partial charge in [0, 0.05) is 0 Å². The highest BCUT2D eigenvalue weighted by molar-refractivity contribution is 8.93. The molecule has 0 rings (SSSR count). The fraction of sp³-hybridized carbons (Fsp3) is 1.00. The topological polar surface area (TPSA) is 0 Å². The molecule has 0 aromatic rings. The molecule has 0 nitrogen and oxygen atoms in total. The molecule has 22 heavy (non-hydrogen) atoms. The maximum Gasteiger partial charge on any atom is -0.0326 e. The minimum absolute atomic E-state index is 0. The molecule has 0 heterocycles. The van der Waals surface area contributed by atoms with E-state index in [1.54, 1.807) is 18.5 Å². The Morgan fingerprint density at radius 3 is 1.14 bits per heavy atom. The molecule has 0 fully saturated rings. The van der Waals surface area contributed by atoms with Crippen LogP contribution in [0.2, 0.25) is 0 Å². The van der Waals surface area contributed by atoms with Crippen LogP contribution in [-0.4, -0.2) is 18.5 Å². The van der Waals surface area contributed by atoms with Crippen molar-refractivity contribution in [2.45, 2.75) is 111 Å². The van der Waals surface area contributed by atoms with Crippen molar-refractivity contribution < 1.29 is 0 Å². The monoisotopic (exact) mass is 394 g/mol. The van der Waals surface area contributed by atoms with Crippen molar-refractivity contribution >= 4 is 24.9 Å². The summed E-state index contributed by atoms with van der Waals surface area (Å²) in [7, 11) is 0.393. The quantitative estimate of drug-likeness (QED) is 0.171. The molecular weight excluding hydrogens is 351 g/mol. The van der Waals surface area contributed by atoms with Crippen molar-refractivity contribution in [3.8, 4) is 0 Å². The van der Waals surface area contributed by atoms with E-state index in [-0.39, 0.29) is 17.0 Å². The number of hydrogen-bond acceptors (Lipinski definition) is 0. The zero-order valence-electron chi connectivity index (χ0n) is 15.9. The standard InChI is InChI=1S/C20H43P.BrH/c1-4-7-10-11-12-13-14-15-16-17-20-21(18-8-5-2)19-9-6-3;/h4-20H2,1-3H3;1H. The summed E-state index contributed by atoms with van der Waals surface area (Å²) in [5, 5.41) is 0. The second-order valence-corrected chi connectivity index (χ2v) is 9.41. The first-order chi connectivity index (χ1) is 10.3. The van der Waals surface area contributed by atoms with Crippen molar-refractivity contribution in [3.63, 3.8) is 0 Å². The maximum atomic E-state index is 2.34. The van der Waals surface area contributed by atoms with E-state index in [1.165, 1.54) is 89.9 Å². The highest BCUT2D eigenvalue weighted by Gasteiger charge is 2.06. The molecule has 0 aromatic heterocycles. The highest BCUT2D eigenvalue weighted by atomic mass is 79.9. The Morgan fingerprint density at radius 2 is 0.727 bits per heavy atom. The third kappa shape index (κ3) is 19.0. The SMILES string of the molecule is Br.CCCCCCCCCCCCP(CCCC)CCCC. The van der Waals surface area contributed by atoms with Gasteiger partial charge in [0.2, 0.25) is 0 Å². The van der Waals surface area contributed by atoms with Gasteiger partial charge in [-0.05, 0) is 37.7 Å². The van der Waals surface area contributed by atoms with Crippen molar-refractivity contribution in [2.75, 3.05) is 18.5 Å². The van der Waals surface area contributed by atoms with E-state index in [9.17, 15) is 0 Å².